The number of nitrogens with one attached hydrogen (secondary N) is 1. The first-order valence-corrected chi connectivity index (χ1v) is 7.79. The van der Waals surface area contributed by atoms with E-state index >= 15 is 0 Å². The zero-order valence-electron chi connectivity index (χ0n) is 11.6. The van der Waals surface area contributed by atoms with E-state index in [4.69, 9.17) is 17.3 Å². The lowest BCUT2D eigenvalue weighted by molar-refractivity contribution is 0.0935. The molecule has 5 heteroatoms. The Hall–Kier alpha value is -1.52. The van der Waals surface area contributed by atoms with Gasteiger partial charge in [0.1, 0.15) is 0 Å². The standard InChI is InChI=1S/C16H16BrClN2O/c1-2-15(10-3-6-12(17)7-4-10)20-16(21)11-5-8-14(19)13(18)9-11/h3-9,15H,2,19H2,1H3,(H,20,21). The van der Waals surface area contributed by atoms with E-state index in [0.717, 1.165) is 16.5 Å². The molecule has 0 aliphatic carbocycles. The molecule has 0 fully saturated rings. The third-order valence-corrected chi connectivity index (χ3v) is 4.10. The van der Waals surface area contributed by atoms with Crippen LogP contribution in [0.3, 0.4) is 0 Å². The van der Waals surface area contributed by atoms with Crippen LogP contribution in [0.1, 0.15) is 35.3 Å². The molecule has 3 nitrogen and oxygen atoms in total. The van der Waals surface area contributed by atoms with Crippen molar-refractivity contribution in [2.75, 3.05) is 5.73 Å². The van der Waals surface area contributed by atoms with E-state index < -0.39 is 0 Å². The SMILES string of the molecule is CCC(NC(=O)c1ccc(N)c(Cl)c1)c1ccc(Br)cc1. The summed E-state index contributed by atoms with van der Waals surface area (Å²) in [6, 6.07) is 12.8. The molecule has 0 saturated carbocycles. The second kappa shape index (κ2) is 6.96. The molecule has 0 aromatic heterocycles. The molecule has 2 rings (SSSR count). The van der Waals surface area contributed by atoms with Gasteiger partial charge in [0.2, 0.25) is 0 Å². The quantitative estimate of drug-likeness (QED) is 0.778. The van der Waals surface area contributed by atoms with Crippen molar-refractivity contribution >= 4 is 39.1 Å². The average Bonchev–Trinajstić information content (AvgIpc) is 2.48. The third kappa shape index (κ3) is 3.99. The molecule has 3 N–H and O–H groups in total. The summed E-state index contributed by atoms with van der Waals surface area (Å²) in [6.07, 6.45) is 0.802. The van der Waals surface area contributed by atoms with Crippen LogP contribution in [0.25, 0.3) is 0 Å². The van der Waals surface area contributed by atoms with Gasteiger partial charge in [0.15, 0.2) is 0 Å². The monoisotopic (exact) mass is 366 g/mol. The van der Waals surface area contributed by atoms with E-state index in [1.54, 1.807) is 18.2 Å². The van der Waals surface area contributed by atoms with Crippen molar-refractivity contribution in [3.05, 3.63) is 63.1 Å². The average molecular weight is 368 g/mol. The zero-order valence-corrected chi connectivity index (χ0v) is 13.9. The molecule has 110 valence electrons. The predicted octanol–water partition coefficient (Wildman–Crippen LogP) is 4.57. The number of hydrogen-bond acceptors (Lipinski definition) is 2. The minimum absolute atomic E-state index is 0.0399. The Labute approximate surface area is 137 Å². The molecule has 0 spiro atoms. The Kier molecular flexibility index (Phi) is 5.26. The molecule has 2 aromatic carbocycles. The Morgan fingerprint density at radius 2 is 1.95 bits per heavy atom. The van der Waals surface area contributed by atoms with Crippen molar-refractivity contribution < 1.29 is 4.79 Å². The minimum atomic E-state index is -0.160. The van der Waals surface area contributed by atoms with Gasteiger partial charge in [-0.05, 0) is 42.3 Å². The summed E-state index contributed by atoms with van der Waals surface area (Å²) in [4.78, 5) is 12.3. The van der Waals surface area contributed by atoms with E-state index in [1.165, 1.54) is 0 Å². The number of rotatable bonds is 4. The van der Waals surface area contributed by atoms with Crippen LogP contribution in [0.5, 0.6) is 0 Å². The minimum Gasteiger partial charge on any atom is -0.398 e. The van der Waals surface area contributed by atoms with Crippen molar-refractivity contribution in [3.63, 3.8) is 0 Å². The van der Waals surface area contributed by atoms with Crippen LogP contribution in [0, 0.1) is 0 Å². The van der Waals surface area contributed by atoms with Crippen LogP contribution >= 0.6 is 27.5 Å². The van der Waals surface area contributed by atoms with Crippen LogP contribution in [-0.4, -0.2) is 5.91 Å². The largest absolute Gasteiger partial charge is 0.398 e. The van der Waals surface area contributed by atoms with E-state index in [-0.39, 0.29) is 11.9 Å². The number of anilines is 1. The molecule has 0 saturated heterocycles. The summed E-state index contributed by atoms with van der Waals surface area (Å²) in [5.41, 5.74) is 7.69. The third-order valence-electron chi connectivity index (χ3n) is 3.25. The molecular weight excluding hydrogens is 352 g/mol. The van der Waals surface area contributed by atoms with Crippen LogP contribution in [0.2, 0.25) is 5.02 Å². The fourth-order valence-corrected chi connectivity index (χ4v) is 2.47. The maximum atomic E-state index is 12.3. The topological polar surface area (TPSA) is 55.1 Å². The zero-order chi connectivity index (χ0) is 15.4. The van der Waals surface area contributed by atoms with Gasteiger partial charge in [0.05, 0.1) is 16.8 Å². The van der Waals surface area contributed by atoms with Gasteiger partial charge in [0.25, 0.3) is 5.91 Å². The maximum Gasteiger partial charge on any atom is 0.251 e. The number of nitrogens with two attached hydrogens (primary N) is 1. The molecule has 21 heavy (non-hydrogen) atoms. The van der Waals surface area contributed by atoms with Crippen molar-refractivity contribution in [3.8, 4) is 0 Å². The van der Waals surface area contributed by atoms with Crippen molar-refractivity contribution in [2.45, 2.75) is 19.4 Å². The number of hydrogen-bond donors (Lipinski definition) is 2. The molecule has 2 aromatic rings. The maximum absolute atomic E-state index is 12.3. The number of halogens is 2. The summed E-state index contributed by atoms with van der Waals surface area (Å²) in [5, 5.41) is 3.40. The second-order valence-electron chi connectivity index (χ2n) is 4.72. The lowest BCUT2D eigenvalue weighted by atomic mass is 10.0. The molecule has 1 atom stereocenters. The van der Waals surface area contributed by atoms with Gasteiger partial charge in [-0.1, -0.05) is 46.6 Å². The lowest BCUT2D eigenvalue weighted by Crippen LogP contribution is -2.28. The second-order valence-corrected chi connectivity index (χ2v) is 6.05. The van der Waals surface area contributed by atoms with Crippen LogP contribution in [-0.2, 0) is 0 Å². The first-order valence-electron chi connectivity index (χ1n) is 6.62. The first kappa shape index (κ1) is 15.9. The molecule has 1 amide bonds. The van der Waals surface area contributed by atoms with Gasteiger partial charge in [0, 0.05) is 10.0 Å². The Bertz CT molecular complexity index is 643. The van der Waals surface area contributed by atoms with E-state index in [1.807, 2.05) is 31.2 Å². The molecule has 1 unspecified atom stereocenters. The van der Waals surface area contributed by atoms with E-state index in [9.17, 15) is 4.79 Å². The van der Waals surface area contributed by atoms with E-state index in [2.05, 4.69) is 21.2 Å². The highest BCUT2D eigenvalue weighted by atomic mass is 79.9. The molecule has 0 radical (unpaired) electrons. The molecule has 0 bridgehead atoms. The van der Waals surface area contributed by atoms with Crippen LogP contribution in [0.4, 0.5) is 5.69 Å². The Balaban J connectivity index is 2.15. The highest BCUT2D eigenvalue weighted by molar-refractivity contribution is 9.10. The molecule has 0 heterocycles. The van der Waals surface area contributed by atoms with Crippen molar-refractivity contribution in [1.82, 2.24) is 5.32 Å². The summed E-state index contributed by atoms with van der Waals surface area (Å²) in [7, 11) is 0. The Morgan fingerprint density at radius 1 is 1.29 bits per heavy atom. The number of carbonyl (C=O) groups excluding carboxylic acids is 1. The molecule has 0 aliphatic rings. The first-order chi connectivity index (χ1) is 10.0. The summed E-state index contributed by atoms with van der Waals surface area (Å²) < 4.78 is 1.01. The summed E-state index contributed by atoms with van der Waals surface area (Å²) >= 11 is 9.36. The van der Waals surface area contributed by atoms with E-state index in [0.29, 0.717) is 16.3 Å². The van der Waals surface area contributed by atoms with Gasteiger partial charge in [-0.2, -0.15) is 0 Å². The highest BCUT2D eigenvalue weighted by Crippen LogP contribution is 2.22. The predicted molar refractivity (Wildman–Crippen MR) is 90.5 cm³/mol. The number of carbonyl (C=O) groups is 1. The highest BCUT2D eigenvalue weighted by Gasteiger charge is 2.14. The van der Waals surface area contributed by atoms with Gasteiger partial charge in [-0.15, -0.1) is 0 Å². The fraction of sp³-hybridized carbons (Fsp3) is 0.188. The van der Waals surface area contributed by atoms with Gasteiger partial charge >= 0.3 is 0 Å². The van der Waals surface area contributed by atoms with Gasteiger partial charge in [-0.25, -0.2) is 0 Å². The van der Waals surface area contributed by atoms with Crippen LogP contribution in [0.15, 0.2) is 46.9 Å². The van der Waals surface area contributed by atoms with Crippen LogP contribution < -0.4 is 11.1 Å². The summed E-state index contributed by atoms with van der Waals surface area (Å²) in [5.74, 6) is -0.160. The van der Waals surface area contributed by atoms with Gasteiger partial charge in [-0.3, -0.25) is 4.79 Å². The normalized spacial score (nSPS) is 12.0. The smallest absolute Gasteiger partial charge is 0.251 e. The summed E-state index contributed by atoms with van der Waals surface area (Å²) in [6.45, 7) is 2.03. The van der Waals surface area contributed by atoms with Crippen molar-refractivity contribution in [2.24, 2.45) is 0 Å². The molecular formula is C16H16BrClN2O. The van der Waals surface area contributed by atoms with Gasteiger partial charge < -0.3 is 11.1 Å². The lowest BCUT2D eigenvalue weighted by Gasteiger charge is -2.18. The van der Waals surface area contributed by atoms with Crippen molar-refractivity contribution in [1.29, 1.82) is 0 Å². The number of amides is 1. The number of benzene rings is 2. The fourth-order valence-electron chi connectivity index (χ4n) is 2.03. The molecule has 0 aliphatic heterocycles. The Morgan fingerprint density at radius 3 is 2.52 bits per heavy atom. The number of nitrogen functional groups attached to an aromatic ring is 1.